The van der Waals surface area contributed by atoms with E-state index in [1.54, 1.807) is 24.3 Å². The van der Waals surface area contributed by atoms with Crippen molar-refractivity contribution >= 4 is 67.8 Å². The number of aliphatic imine (C=N–C) groups is 1. The number of thioether (sulfide) groups is 1. The largest absolute Gasteiger partial charge is 0.283 e. The summed E-state index contributed by atoms with van der Waals surface area (Å²) >= 11 is 13.1. The number of amidine groups is 1. The second-order valence-electron chi connectivity index (χ2n) is 6.26. The van der Waals surface area contributed by atoms with Gasteiger partial charge in [0, 0.05) is 5.75 Å². The van der Waals surface area contributed by atoms with Gasteiger partial charge < -0.3 is 0 Å². The Hall–Kier alpha value is -1.91. The fourth-order valence-electron chi connectivity index (χ4n) is 2.62. The molecule has 0 unspecified atom stereocenters. The standard InChI is InChI=1S/C19H16Cl2FN3O3S2/c20-13-7-6-12(10-14(13)21)11-16-18(26)25(17-5-2-1-4-15(17)22)19(24-16)29-8-3-9-30(23,27)28/h1-2,4-7,10-11H,3,8-9H2,(H2,23,27,28)/b16-11+. The summed E-state index contributed by atoms with van der Waals surface area (Å²) in [7, 11) is -3.59. The summed E-state index contributed by atoms with van der Waals surface area (Å²) in [4.78, 5) is 18.5. The highest BCUT2D eigenvalue weighted by molar-refractivity contribution is 8.14. The molecule has 30 heavy (non-hydrogen) atoms. The van der Waals surface area contributed by atoms with E-state index in [1.807, 2.05) is 0 Å². The third-order valence-electron chi connectivity index (χ3n) is 3.97. The first-order valence-corrected chi connectivity index (χ1v) is 12.1. The van der Waals surface area contributed by atoms with Gasteiger partial charge in [-0.1, -0.05) is 53.2 Å². The summed E-state index contributed by atoms with van der Waals surface area (Å²) in [5.74, 6) is -0.972. The van der Waals surface area contributed by atoms with Gasteiger partial charge in [0.25, 0.3) is 5.91 Å². The van der Waals surface area contributed by atoms with Crippen LogP contribution in [0.15, 0.2) is 53.2 Å². The van der Waals surface area contributed by atoms with E-state index >= 15 is 0 Å². The number of rotatable bonds is 6. The SMILES string of the molecule is NS(=O)(=O)CCCSC1=N/C(=C/c2ccc(Cl)c(Cl)c2)C(=O)N1c1ccccc1F. The van der Waals surface area contributed by atoms with Gasteiger partial charge in [-0.25, -0.2) is 22.9 Å². The van der Waals surface area contributed by atoms with Gasteiger partial charge in [0.05, 0.1) is 21.5 Å². The molecule has 2 N–H and O–H groups in total. The van der Waals surface area contributed by atoms with Gasteiger partial charge in [0.2, 0.25) is 10.0 Å². The van der Waals surface area contributed by atoms with E-state index in [9.17, 15) is 17.6 Å². The van der Waals surface area contributed by atoms with E-state index in [4.69, 9.17) is 28.3 Å². The molecule has 0 aromatic heterocycles. The van der Waals surface area contributed by atoms with Gasteiger partial charge in [-0.15, -0.1) is 0 Å². The molecule has 1 aliphatic rings. The monoisotopic (exact) mass is 487 g/mol. The minimum Gasteiger partial charge on any atom is -0.266 e. The maximum atomic E-state index is 14.4. The Balaban J connectivity index is 1.91. The predicted octanol–water partition coefficient (Wildman–Crippen LogP) is 4.29. The van der Waals surface area contributed by atoms with Gasteiger partial charge >= 0.3 is 0 Å². The molecular formula is C19H16Cl2FN3O3S2. The first-order valence-electron chi connectivity index (χ1n) is 8.63. The molecule has 0 bridgehead atoms. The Bertz CT molecular complexity index is 1150. The fraction of sp³-hybridized carbons (Fsp3) is 0.158. The lowest BCUT2D eigenvalue weighted by Crippen LogP contribution is -2.31. The van der Waals surface area contributed by atoms with Crippen LogP contribution >= 0.6 is 35.0 Å². The Kier molecular flexibility index (Phi) is 7.20. The molecule has 1 aliphatic heterocycles. The Morgan fingerprint density at radius 1 is 1.17 bits per heavy atom. The van der Waals surface area contributed by atoms with Gasteiger partial charge in [0.15, 0.2) is 5.17 Å². The third-order valence-corrected chi connectivity index (χ3v) is 6.60. The number of hydrogen-bond donors (Lipinski definition) is 1. The zero-order valence-corrected chi connectivity index (χ0v) is 18.5. The summed E-state index contributed by atoms with van der Waals surface area (Å²) in [5, 5.41) is 5.95. The van der Waals surface area contributed by atoms with Crippen molar-refractivity contribution in [3.63, 3.8) is 0 Å². The van der Waals surface area contributed by atoms with Crippen LogP contribution in [0.5, 0.6) is 0 Å². The summed E-state index contributed by atoms with van der Waals surface area (Å²) in [6, 6.07) is 10.7. The maximum absolute atomic E-state index is 14.4. The average Bonchev–Trinajstić information content (AvgIpc) is 2.97. The van der Waals surface area contributed by atoms with Crippen molar-refractivity contribution < 1.29 is 17.6 Å². The number of carbonyl (C=O) groups is 1. The molecule has 0 radical (unpaired) electrons. The molecule has 6 nitrogen and oxygen atoms in total. The smallest absolute Gasteiger partial charge is 0.266 e. The molecule has 0 aliphatic carbocycles. The molecule has 3 rings (SSSR count). The second kappa shape index (κ2) is 9.49. The summed E-state index contributed by atoms with van der Waals surface area (Å²) in [6.07, 6.45) is 1.78. The Morgan fingerprint density at radius 3 is 2.57 bits per heavy atom. The number of sulfonamides is 1. The number of para-hydroxylation sites is 1. The summed E-state index contributed by atoms with van der Waals surface area (Å²) < 4.78 is 36.6. The average molecular weight is 488 g/mol. The lowest BCUT2D eigenvalue weighted by atomic mass is 10.2. The number of amides is 1. The van der Waals surface area contributed by atoms with Crippen molar-refractivity contribution in [2.45, 2.75) is 6.42 Å². The van der Waals surface area contributed by atoms with Crippen LogP contribution in [0.3, 0.4) is 0 Å². The van der Waals surface area contributed by atoms with Crippen LogP contribution in [0.25, 0.3) is 6.08 Å². The second-order valence-corrected chi connectivity index (χ2v) is 9.87. The van der Waals surface area contributed by atoms with Crippen LogP contribution in [0.2, 0.25) is 10.0 Å². The first kappa shape index (κ1) is 22.8. The van der Waals surface area contributed by atoms with Crippen molar-refractivity contribution in [3.05, 3.63) is 69.6 Å². The quantitative estimate of drug-likeness (QED) is 0.485. The van der Waals surface area contributed by atoms with E-state index in [2.05, 4.69) is 4.99 Å². The Labute approximate surface area is 187 Å². The van der Waals surface area contributed by atoms with Crippen LogP contribution in [-0.2, 0) is 14.8 Å². The molecule has 2 aromatic carbocycles. The van der Waals surface area contributed by atoms with Gasteiger partial charge in [-0.05, 0) is 42.3 Å². The molecule has 0 atom stereocenters. The molecule has 11 heteroatoms. The zero-order chi connectivity index (χ0) is 21.9. The highest BCUT2D eigenvalue weighted by Crippen LogP contribution is 2.32. The normalized spacial score (nSPS) is 15.7. The van der Waals surface area contributed by atoms with Crippen LogP contribution < -0.4 is 10.0 Å². The van der Waals surface area contributed by atoms with Crippen molar-refractivity contribution in [2.75, 3.05) is 16.4 Å². The summed E-state index contributed by atoms with van der Waals surface area (Å²) in [6.45, 7) is 0. The van der Waals surface area contributed by atoms with Crippen LogP contribution in [0.1, 0.15) is 12.0 Å². The van der Waals surface area contributed by atoms with Gasteiger partial charge in [-0.3, -0.25) is 9.69 Å². The molecule has 1 heterocycles. The first-order chi connectivity index (χ1) is 14.2. The number of carbonyl (C=O) groups excluding carboxylic acids is 1. The maximum Gasteiger partial charge on any atom is 0.283 e. The van der Waals surface area contributed by atoms with E-state index in [-0.39, 0.29) is 28.7 Å². The van der Waals surface area contributed by atoms with E-state index in [1.165, 1.54) is 29.2 Å². The van der Waals surface area contributed by atoms with E-state index in [0.29, 0.717) is 21.4 Å². The number of benzene rings is 2. The third kappa shape index (κ3) is 5.61. The van der Waals surface area contributed by atoms with Crippen molar-refractivity contribution in [2.24, 2.45) is 10.1 Å². The zero-order valence-electron chi connectivity index (χ0n) is 15.4. The van der Waals surface area contributed by atoms with Crippen molar-refractivity contribution in [1.29, 1.82) is 0 Å². The van der Waals surface area contributed by atoms with Crippen molar-refractivity contribution in [1.82, 2.24) is 0 Å². The van der Waals surface area contributed by atoms with Crippen LogP contribution in [-0.4, -0.2) is 31.0 Å². The van der Waals surface area contributed by atoms with Crippen LogP contribution in [0, 0.1) is 5.82 Å². The Morgan fingerprint density at radius 2 is 1.90 bits per heavy atom. The minimum absolute atomic E-state index is 0.0535. The number of nitrogens with zero attached hydrogens (tertiary/aromatic N) is 2. The van der Waals surface area contributed by atoms with Crippen LogP contribution in [0.4, 0.5) is 10.1 Å². The molecular weight excluding hydrogens is 472 g/mol. The molecule has 0 fully saturated rings. The number of nitrogens with two attached hydrogens (primary N) is 1. The number of halogens is 3. The molecule has 0 spiro atoms. The van der Waals surface area contributed by atoms with Gasteiger partial charge in [-0.2, -0.15) is 0 Å². The topological polar surface area (TPSA) is 92.8 Å². The lowest BCUT2D eigenvalue weighted by Gasteiger charge is -2.18. The molecule has 0 saturated carbocycles. The highest BCUT2D eigenvalue weighted by Gasteiger charge is 2.33. The number of anilines is 1. The molecule has 0 saturated heterocycles. The highest BCUT2D eigenvalue weighted by atomic mass is 35.5. The van der Waals surface area contributed by atoms with Crippen molar-refractivity contribution in [3.8, 4) is 0 Å². The molecule has 1 amide bonds. The fourth-order valence-corrected chi connectivity index (χ4v) is 4.60. The van der Waals surface area contributed by atoms with Gasteiger partial charge in [0.1, 0.15) is 11.5 Å². The minimum atomic E-state index is -3.59. The molecule has 2 aromatic rings. The lowest BCUT2D eigenvalue weighted by molar-refractivity contribution is -0.113. The predicted molar refractivity (Wildman–Crippen MR) is 121 cm³/mol. The number of primary sulfonamides is 1. The molecule has 158 valence electrons. The number of hydrogen-bond acceptors (Lipinski definition) is 5. The van der Waals surface area contributed by atoms with E-state index < -0.39 is 21.7 Å². The summed E-state index contributed by atoms with van der Waals surface area (Å²) in [5.41, 5.74) is 0.744. The van der Waals surface area contributed by atoms with E-state index in [0.717, 1.165) is 11.8 Å².